The molecule has 6 nitrogen and oxygen atoms in total. The van der Waals surface area contributed by atoms with Crippen molar-refractivity contribution in [2.24, 2.45) is 5.92 Å². The molecule has 0 bridgehead atoms. The van der Waals surface area contributed by atoms with Gasteiger partial charge in [0, 0.05) is 24.5 Å². The Labute approximate surface area is 164 Å². The number of aliphatic hydroxyl groups is 1. The van der Waals surface area contributed by atoms with Crippen molar-refractivity contribution < 1.29 is 14.3 Å². The minimum Gasteiger partial charge on any atom is -0.466 e. The van der Waals surface area contributed by atoms with Crippen LogP contribution < -0.4 is 5.32 Å². The van der Waals surface area contributed by atoms with Crippen LogP contribution in [0.25, 0.3) is 11.4 Å². The predicted octanol–water partition coefficient (Wildman–Crippen LogP) is 2.95. The SMILES string of the molecule is Cc1ccc(CC(=O)N[C@@H]2CC(Cn3ccnc3-c3ccccc3)C[C@H]2O)o1. The van der Waals surface area contributed by atoms with Crippen LogP contribution in [-0.4, -0.2) is 32.7 Å². The number of nitrogens with one attached hydrogen (secondary N) is 1. The van der Waals surface area contributed by atoms with Crippen molar-refractivity contribution in [3.05, 3.63) is 66.4 Å². The largest absolute Gasteiger partial charge is 0.466 e. The van der Waals surface area contributed by atoms with Gasteiger partial charge in [0.05, 0.1) is 18.6 Å². The van der Waals surface area contributed by atoms with Gasteiger partial charge in [-0.15, -0.1) is 0 Å². The molecular weight excluding hydrogens is 354 g/mol. The number of nitrogens with zero attached hydrogens (tertiary/aromatic N) is 2. The Morgan fingerprint density at radius 3 is 2.82 bits per heavy atom. The van der Waals surface area contributed by atoms with Crippen LogP contribution >= 0.6 is 0 Å². The summed E-state index contributed by atoms with van der Waals surface area (Å²) in [5.41, 5.74) is 1.07. The second kappa shape index (κ2) is 8.02. The Morgan fingerprint density at radius 2 is 2.07 bits per heavy atom. The van der Waals surface area contributed by atoms with Crippen LogP contribution in [0.15, 0.2) is 59.3 Å². The molecule has 1 aromatic carbocycles. The van der Waals surface area contributed by atoms with Crippen molar-refractivity contribution in [2.75, 3.05) is 0 Å². The molecule has 0 spiro atoms. The van der Waals surface area contributed by atoms with Crippen molar-refractivity contribution in [3.63, 3.8) is 0 Å². The summed E-state index contributed by atoms with van der Waals surface area (Å²) in [5, 5.41) is 13.4. The maximum absolute atomic E-state index is 12.3. The first kappa shape index (κ1) is 18.5. The molecular formula is C22H25N3O3. The van der Waals surface area contributed by atoms with E-state index >= 15 is 0 Å². The van der Waals surface area contributed by atoms with E-state index in [1.165, 1.54) is 0 Å². The highest BCUT2D eigenvalue weighted by Gasteiger charge is 2.34. The molecule has 3 atom stereocenters. The van der Waals surface area contributed by atoms with Crippen LogP contribution in [-0.2, 0) is 17.8 Å². The lowest BCUT2D eigenvalue weighted by Crippen LogP contribution is -2.40. The van der Waals surface area contributed by atoms with Crippen LogP contribution in [0.2, 0.25) is 0 Å². The summed E-state index contributed by atoms with van der Waals surface area (Å²) in [4.78, 5) is 16.8. The second-order valence-electron chi connectivity index (χ2n) is 7.54. The summed E-state index contributed by atoms with van der Waals surface area (Å²) in [5.74, 6) is 2.52. The molecule has 4 rings (SSSR count). The third-order valence-corrected chi connectivity index (χ3v) is 5.31. The van der Waals surface area contributed by atoms with E-state index in [9.17, 15) is 9.90 Å². The average molecular weight is 379 g/mol. The normalized spacial score (nSPS) is 21.7. The van der Waals surface area contributed by atoms with Gasteiger partial charge in [-0.3, -0.25) is 4.79 Å². The Kier molecular flexibility index (Phi) is 5.30. The fourth-order valence-electron chi connectivity index (χ4n) is 4.00. The second-order valence-corrected chi connectivity index (χ2v) is 7.54. The first-order valence-corrected chi connectivity index (χ1v) is 9.68. The molecule has 1 aliphatic carbocycles. The smallest absolute Gasteiger partial charge is 0.227 e. The van der Waals surface area contributed by atoms with Gasteiger partial charge in [0.2, 0.25) is 5.91 Å². The van der Waals surface area contributed by atoms with Gasteiger partial charge >= 0.3 is 0 Å². The highest BCUT2D eigenvalue weighted by Crippen LogP contribution is 2.29. The summed E-state index contributed by atoms with van der Waals surface area (Å²) < 4.78 is 7.59. The number of aromatic nitrogens is 2. The summed E-state index contributed by atoms with van der Waals surface area (Å²) >= 11 is 0. The summed E-state index contributed by atoms with van der Waals surface area (Å²) in [6.45, 7) is 2.62. The number of benzene rings is 1. The molecule has 146 valence electrons. The zero-order valence-electron chi connectivity index (χ0n) is 15.9. The van der Waals surface area contributed by atoms with Gasteiger partial charge in [0.25, 0.3) is 0 Å². The lowest BCUT2D eigenvalue weighted by atomic mass is 10.1. The number of hydrogen-bond acceptors (Lipinski definition) is 4. The third kappa shape index (κ3) is 4.17. The molecule has 2 N–H and O–H groups in total. The molecule has 6 heteroatoms. The van der Waals surface area contributed by atoms with E-state index in [0.29, 0.717) is 12.2 Å². The van der Waals surface area contributed by atoms with Gasteiger partial charge < -0.3 is 19.4 Å². The fourth-order valence-corrected chi connectivity index (χ4v) is 4.00. The predicted molar refractivity (Wildman–Crippen MR) is 105 cm³/mol. The number of carbonyl (C=O) groups excluding carboxylic acids is 1. The van der Waals surface area contributed by atoms with Gasteiger partial charge in [0.15, 0.2) is 0 Å². The zero-order valence-corrected chi connectivity index (χ0v) is 15.9. The number of hydrogen-bond donors (Lipinski definition) is 2. The fraction of sp³-hybridized carbons (Fsp3) is 0.364. The number of imidazole rings is 1. The van der Waals surface area contributed by atoms with Gasteiger partial charge in [-0.05, 0) is 37.8 Å². The standard InChI is InChI=1S/C22H25N3O3/c1-15-7-8-18(28-15)13-21(27)24-19-11-16(12-20(19)26)14-25-10-9-23-22(25)17-5-3-2-4-6-17/h2-10,16,19-20,26H,11-14H2,1H3,(H,24,27)/t16?,19-,20-/m1/s1. The number of rotatable bonds is 6. The van der Waals surface area contributed by atoms with E-state index in [1.54, 1.807) is 6.20 Å². The molecule has 0 saturated heterocycles. The summed E-state index contributed by atoms with van der Waals surface area (Å²) in [6.07, 6.45) is 4.85. The van der Waals surface area contributed by atoms with E-state index in [4.69, 9.17) is 4.42 Å². The molecule has 0 radical (unpaired) electrons. The minimum atomic E-state index is -0.531. The van der Waals surface area contributed by atoms with Crippen molar-refractivity contribution >= 4 is 5.91 Å². The first-order valence-electron chi connectivity index (χ1n) is 9.68. The monoisotopic (exact) mass is 379 g/mol. The molecule has 1 fully saturated rings. The van der Waals surface area contributed by atoms with E-state index < -0.39 is 6.10 Å². The van der Waals surface area contributed by atoms with Crippen molar-refractivity contribution in [1.82, 2.24) is 14.9 Å². The lowest BCUT2D eigenvalue weighted by molar-refractivity contribution is -0.122. The Hall–Kier alpha value is -2.86. The maximum atomic E-state index is 12.3. The Balaban J connectivity index is 1.36. The highest BCUT2D eigenvalue weighted by molar-refractivity contribution is 5.78. The van der Waals surface area contributed by atoms with Gasteiger partial charge in [0.1, 0.15) is 17.3 Å². The van der Waals surface area contributed by atoms with Crippen LogP contribution in [0.1, 0.15) is 24.4 Å². The summed E-state index contributed by atoms with van der Waals surface area (Å²) in [6, 6.07) is 13.5. The number of furan rings is 1. The van der Waals surface area contributed by atoms with Gasteiger partial charge in [-0.1, -0.05) is 30.3 Å². The maximum Gasteiger partial charge on any atom is 0.227 e. The number of aryl methyl sites for hydroxylation is 1. The van der Waals surface area contributed by atoms with Crippen molar-refractivity contribution in [3.8, 4) is 11.4 Å². The molecule has 0 aliphatic heterocycles. The topological polar surface area (TPSA) is 80.3 Å². The van der Waals surface area contributed by atoms with Crippen molar-refractivity contribution in [1.29, 1.82) is 0 Å². The Bertz CT molecular complexity index is 931. The number of amides is 1. The molecule has 2 heterocycles. The van der Waals surface area contributed by atoms with Crippen LogP contribution in [0.3, 0.4) is 0 Å². The van der Waals surface area contributed by atoms with E-state index in [2.05, 4.69) is 14.9 Å². The van der Waals surface area contributed by atoms with Crippen molar-refractivity contribution in [2.45, 2.75) is 44.9 Å². The van der Waals surface area contributed by atoms with Gasteiger partial charge in [-0.2, -0.15) is 0 Å². The Morgan fingerprint density at radius 1 is 1.25 bits per heavy atom. The van der Waals surface area contributed by atoms with E-state index in [-0.39, 0.29) is 24.3 Å². The summed E-state index contributed by atoms with van der Waals surface area (Å²) in [7, 11) is 0. The number of aliphatic hydroxyl groups excluding tert-OH is 1. The third-order valence-electron chi connectivity index (χ3n) is 5.31. The highest BCUT2D eigenvalue weighted by atomic mass is 16.3. The lowest BCUT2D eigenvalue weighted by Gasteiger charge is -2.16. The zero-order chi connectivity index (χ0) is 19.5. The first-order chi connectivity index (χ1) is 13.6. The minimum absolute atomic E-state index is 0.119. The molecule has 1 unspecified atom stereocenters. The van der Waals surface area contributed by atoms with Gasteiger partial charge in [-0.25, -0.2) is 4.98 Å². The van der Waals surface area contributed by atoms with Crippen LogP contribution in [0.4, 0.5) is 0 Å². The van der Waals surface area contributed by atoms with Crippen LogP contribution in [0, 0.1) is 12.8 Å². The molecule has 1 aliphatic rings. The molecule has 1 amide bonds. The van der Waals surface area contributed by atoms with E-state index in [1.807, 2.05) is 55.6 Å². The quantitative estimate of drug-likeness (QED) is 0.690. The average Bonchev–Trinajstić information content (AvgIpc) is 3.38. The molecule has 1 saturated carbocycles. The van der Waals surface area contributed by atoms with E-state index in [0.717, 1.165) is 30.1 Å². The van der Waals surface area contributed by atoms with Crippen LogP contribution in [0.5, 0.6) is 0 Å². The molecule has 2 aromatic heterocycles. The number of carbonyl (C=O) groups is 1. The molecule has 28 heavy (non-hydrogen) atoms. The molecule has 3 aromatic rings.